The van der Waals surface area contributed by atoms with Crippen LogP contribution in [0.25, 0.3) is 0 Å². The first-order valence-corrected chi connectivity index (χ1v) is 8.93. The molecule has 0 saturated carbocycles. The molecule has 2 aromatic rings. The van der Waals surface area contributed by atoms with Gasteiger partial charge in [-0.3, -0.25) is 4.79 Å². The Balaban J connectivity index is 1.77. The standard InChI is InChI=1S/C19H23NO2S/c1-3-18(16-7-5-4-6-8-16)20-19(21)14-23-13-15-9-11-17(22-2)12-10-15/h4-12,18H,3,13-14H2,1-2H3,(H,20,21)/t18-/m0/s1. The molecule has 0 bridgehead atoms. The maximum atomic E-state index is 12.1. The minimum Gasteiger partial charge on any atom is -0.497 e. The average molecular weight is 329 g/mol. The second-order valence-corrected chi connectivity index (χ2v) is 6.27. The third-order valence-corrected chi connectivity index (χ3v) is 4.61. The van der Waals surface area contributed by atoms with Crippen molar-refractivity contribution >= 4 is 17.7 Å². The zero-order chi connectivity index (χ0) is 16.5. The molecule has 1 amide bonds. The van der Waals surface area contributed by atoms with Crippen molar-refractivity contribution in [3.8, 4) is 5.75 Å². The molecule has 0 aliphatic carbocycles. The van der Waals surface area contributed by atoms with Crippen LogP contribution in [0, 0.1) is 0 Å². The van der Waals surface area contributed by atoms with Gasteiger partial charge in [0.05, 0.1) is 18.9 Å². The highest BCUT2D eigenvalue weighted by Crippen LogP contribution is 2.18. The molecule has 122 valence electrons. The van der Waals surface area contributed by atoms with Crippen molar-refractivity contribution in [2.75, 3.05) is 12.9 Å². The number of amides is 1. The number of nitrogens with one attached hydrogen (secondary N) is 1. The first-order valence-electron chi connectivity index (χ1n) is 7.78. The molecular formula is C19H23NO2S. The third kappa shape index (κ3) is 5.64. The third-order valence-electron chi connectivity index (χ3n) is 3.61. The maximum Gasteiger partial charge on any atom is 0.230 e. The molecule has 0 heterocycles. The SMILES string of the molecule is CC[C@H](NC(=O)CSCc1ccc(OC)cc1)c1ccccc1. The highest BCUT2D eigenvalue weighted by atomic mass is 32.2. The number of hydrogen-bond donors (Lipinski definition) is 1. The molecule has 0 radical (unpaired) electrons. The van der Waals surface area contributed by atoms with Crippen molar-refractivity contribution in [1.82, 2.24) is 5.32 Å². The molecule has 23 heavy (non-hydrogen) atoms. The first kappa shape index (κ1) is 17.4. The Labute approximate surface area is 142 Å². The molecule has 0 aliphatic rings. The van der Waals surface area contributed by atoms with Gasteiger partial charge in [-0.15, -0.1) is 11.8 Å². The van der Waals surface area contributed by atoms with E-state index in [0.29, 0.717) is 5.75 Å². The predicted molar refractivity (Wildman–Crippen MR) is 96.8 cm³/mol. The minimum absolute atomic E-state index is 0.0826. The topological polar surface area (TPSA) is 38.3 Å². The summed E-state index contributed by atoms with van der Waals surface area (Å²) in [6.45, 7) is 2.09. The largest absolute Gasteiger partial charge is 0.497 e. The van der Waals surface area contributed by atoms with E-state index in [1.807, 2.05) is 42.5 Å². The van der Waals surface area contributed by atoms with Gasteiger partial charge in [0.2, 0.25) is 5.91 Å². The number of benzene rings is 2. The maximum absolute atomic E-state index is 12.1. The van der Waals surface area contributed by atoms with E-state index in [4.69, 9.17) is 4.74 Å². The first-order chi connectivity index (χ1) is 11.2. The van der Waals surface area contributed by atoms with Crippen LogP contribution in [0.5, 0.6) is 5.75 Å². The summed E-state index contributed by atoms with van der Waals surface area (Å²) >= 11 is 1.62. The Bertz CT molecular complexity index is 599. The fraction of sp³-hybridized carbons (Fsp3) is 0.316. The number of hydrogen-bond acceptors (Lipinski definition) is 3. The van der Waals surface area contributed by atoms with Crippen molar-refractivity contribution < 1.29 is 9.53 Å². The average Bonchev–Trinajstić information content (AvgIpc) is 2.61. The van der Waals surface area contributed by atoms with Crippen molar-refractivity contribution in [2.24, 2.45) is 0 Å². The number of carbonyl (C=O) groups excluding carboxylic acids is 1. The lowest BCUT2D eigenvalue weighted by Gasteiger charge is -2.17. The molecular weight excluding hydrogens is 306 g/mol. The van der Waals surface area contributed by atoms with Gasteiger partial charge < -0.3 is 10.1 Å². The van der Waals surface area contributed by atoms with E-state index in [9.17, 15) is 4.79 Å². The van der Waals surface area contributed by atoms with Gasteiger partial charge in [-0.25, -0.2) is 0 Å². The minimum atomic E-state index is 0.0826. The number of rotatable bonds is 8. The van der Waals surface area contributed by atoms with Crippen molar-refractivity contribution in [1.29, 1.82) is 0 Å². The molecule has 0 unspecified atom stereocenters. The smallest absolute Gasteiger partial charge is 0.230 e. The van der Waals surface area contributed by atoms with Crippen LogP contribution in [0.3, 0.4) is 0 Å². The normalized spacial score (nSPS) is 11.7. The Morgan fingerprint density at radius 1 is 1.13 bits per heavy atom. The van der Waals surface area contributed by atoms with Gasteiger partial charge in [0.1, 0.15) is 5.75 Å². The number of methoxy groups -OCH3 is 1. The van der Waals surface area contributed by atoms with E-state index >= 15 is 0 Å². The van der Waals surface area contributed by atoms with Crippen LogP contribution in [0.1, 0.15) is 30.5 Å². The van der Waals surface area contributed by atoms with E-state index < -0.39 is 0 Å². The number of ether oxygens (including phenoxy) is 1. The number of carbonyl (C=O) groups is 1. The summed E-state index contributed by atoms with van der Waals surface area (Å²) in [7, 11) is 1.66. The van der Waals surface area contributed by atoms with E-state index in [-0.39, 0.29) is 11.9 Å². The highest BCUT2D eigenvalue weighted by molar-refractivity contribution is 7.99. The number of thioether (sulfide) groups is 1. The molecule has 0 aliphatic heterocycles. The highest BCUT2D eigenvalue weighted by Gasteiger charge is 2.12. The quantitative estimate of drug-likeness (QED) is 0.789. The van der Waals surface area contributed by atoms with E-state index in [1.54, 1.807) is 18.9 Å². The van der Waals surface area contributed by atoms with Crippen molar-refractivity contribution in [3.63, 3.8) is 0 Å². The monoisotopic (exact) mass is 329 g/mol. The van der Waals surface area contributed by atoms with Crippen LogP contribution >= 0.6 is 11.8 Å². The van der Waals surface area contributed by atoms with Crippen LogP contribution in [0.2, 0.25) is 0 Å². The molecule has 2 rings (SSSR count). The van der Waals surface area contributed by atoms with Gasteiger partial charge in [-0.1, -0.05) is 49.4 Å². The lowest BCUT2D eigenvalue weighted by atomic mass is 10.0. The summed E-state index contributed by atoms with van der Waals surface area (Å²) in [4.78, 5) is 12.1. The van der Waals surface area contributed by atoms with Crippen LogP contribution in [-0.2, 0) is 10.5 Å². The fourth-order valence-corrected chi connectivity index (χ4v) is 3.12. The Morgan fingerprint density at radius 3 is 2.43 bits per heavy atom. The fourth-order valence-electron chi connectivity index (χ4n) is 2.33. The van der Waals surface area contributed by atoms with Gasteiger partial charge >= 0.3 is 0 Å². The van der Waals surface area contributed by atoms with Crippen LogP contribution < -0.4 is 10.1 Å². The van der Waals surface area contributed by atoms with E-state index in [2.05, 4.69) is 24.4 Å². The van der Waals surface area contributed by atoms with Gasteiger partial charge in [-0.05, 0) is 29.7 Å². The Hall–Kier alpha value is -1.94. The second-order valence-electron chi connectivity index (χ2n) is 5.28. The van der Waals surface area contributed by atoms with Gasteiger partial charge in [0, 0.05) is 5.75 Å². The van der Waals surface area contributed by atoms with Gasteiger partial charge in [0.15, 0.2) is 0 Å². The van der Waals surface area contributed by atoms with Gasteiger partial charge in [0.25, 0.3) is 0 Å². The summed E-state index contributed by atoms with van der Waals surface area (Å²) < 4.78 is 5.14. The molecule has 1 N–H and O–H groups in total. The van der Waals surface area contributed by atoms with E-state index in [0.717, 1.165) is 23.5 Å². The van der Waals surface area contributed by atoms with Gasteiger partial charge in [-0.2, -0.15) is 0 Å². The lowest BCUT2D eigenvalue weighted by molar-refractivity contribution is -0.119. The van der Waals surface area contributed by atoms with Crippen LogP contribution in [0.4, 0.5) is 0 Å². The molecule has 4 heteroatoms. The Morgan fingerprint density at radius 2 is 1.83 bits per heavy atom. The molecule has 1 atom stereocenters. The van der Waals surface area contributed by atoms with Crippen molar-refractivity contribution in [3.05, 3.63) is 65.7 Å². The van der Waals surface area contributed by atoms with Crippen molar-refractivity contribution in [2.45, 2.75) is 25.1 Å². The molecule has 0 saturated heterocycles. The zero-order valence-electron chi connectivity index (χ0n) is 13.6. The summed E-state index contributed by atoms with van der Waals surface area (Å²) in [5.41, 5.74) is 2.35. The summed E-state index contributed by atoms with van der Waals surface area (Å²) in [6, 6.07) is 18.1. The second kappa shape index (κ2) is 9.26. The summed E-state index contributed by atoms with van der Waals surface area (Å²) in [5.74, 6) is 2.22. The molecule has 0 aromatic heterocycles. The predicted octanol–water partition coefficient (Wildman–Crippen LogP) is 4.20. The van der Waals surface area contributed by atoms with E-state index in [1.165, 1.54) is 5.56 Å². The molecule has 0 fully saturated rings. The molecule has 0 spiro atoms. The Kier molecular flexibility index (Phi) is 7.01. The van der Waals surface area contributed by atoms with Crippen LogP contribution in [-0.4, -0.2) is 18.8 Å². The van der Waals surface area contributed by atoms with Crippen LogP contribution in [0.15, 0.2) is 54.6 Å². The molecule has 2 aromatic carbocycles. The lowest BCUT2D eigenvalue weighted by Crippen LogP contribution is -2.29. The summed E-state index contributed by atoms with van der Waals surface area (Å²) in [6.07, 6.45) is 0.888. The zero-order valence-corrected chi connectivity index (χ0v) is 14.4. The summed E-state index contributed by atoms with van der Waals surface area (Å²) in [5, 5.41) is 3.11. The molecule has 3 nitrogen and oxygen atoms in total.